The van der Waals surface area contributed by atoms with Gasteiger partial charge in [0.15, 0.2) is 0 Å². The van der Waals surface area contributed by atoms with Gasteiger partial charge in [-0.2, -0.15) is 0 Å². The third-order valence-corrected chi connectivity index (χ3v) is 4.00. The monoisotopic (exact) mass is 164 g/mol. The lowest BCUT2D eigenvalue weighted by molar-refractivity contribution is 0.156. The molecule has 0 aliphatic heterocycles. The van der Waals surface area contributed by atoms with E-state index in [0.29, 0.717) is 0 Å². The maximum absolute atomic E-state index is 2.34. The fourth-order valence-electron chi connectivity index (χ4n) is 2.70. The summed E-state index contributed by atoms with van der Waals surface area (Å²) in [6.07, 6.45) is 8.78. The highest BCUT2D eigenvalue weighted by Crippen LogP contribution is 2.43. The Balaban J connectivity index is 2.06. The molecule has 0 unspecified atom stereocenters. The van der Waals surface area contributed by atoms with Crippen LogP contribution >= 0.6 is 0 Å². The molecular weight excluding hydrogens is 144 g/mol. The average molecular weight is 164 g/mol. The van der Waals surface area contributed by atoms with Gasteiger partial charge in [-0.05, 0) is 64.2 Å². The molecule has 0 aromatic carbocycles. The topological polar surface area (TPSA) is 0 Å². The molecule has 0 saturated heterocycles. The molecule has 0 aromatic rings. The van der Waals surface area contributed by atoms with Crippen molar-refractivity contribution in [1.29, 1.82) is 0 Å². The highest BCUT2D eigenvalue weighted by atomic mass is 14.4. The Morgan fingerprint density at radius 3 is 2.33 bits per heavy atom. The second-order valence-corrected chi connectivity index (χ2v) is 4.75. The summed E-state index contributed by atoms with van der Waals surface area (Å²) in [5.74, 6) is 2.17. The van der Waals surface area contributed by atoms with Crippen LogP contribution < -0.4 is 0 Å². The van der Waals surface area contributed by atoms with E-state index >= 15 is 0 Å². The summed E-state index contributed by atoms with van der Waals surface area (Å²) in [6.45, 7) is 4.67. The van der Waals surface area contributed by atoms with Gasteiger partial charge in [0.1, 0.15) is 0 Å². The first-order valence-electron chi connectivity index (χ1n) is 5.42. The van der Waals surface area contributed by atoms with Crippen molar-refractivity contribution in [3.05, 3.63) is 11.1 Å². The van der Waals surface area contributed by atoms with Gasteiger partial charge in [0.05, 0.1) is 0 Å². The van der Waals surface area contributed by atoms with E-state index in [1.54, 1.807) is 11.1 Å². The molecule has 1 saturated carbocycles. The van der Waals surface area contributed by atoms with Gasteiger partial charge < -0.3 is 0 Å². The third kappa shape index (κ3) is 1.44. The average Bonchev–Trinajstić information content (AvgIpc) is 2.04. The van der Waals surface area contributed by atoms with Crippen molar-refractivity contribution < 1.29 is 0 Å². The minimum Gasteiger partial charge on any atom is -0.0744 e. The van der Waals surface area contributed by atoms with Crippen molar-refractivity contribution in [3.8, 4) is 0 Å². The number of rotatable bonds is 0. The number of fused-ring (bicyclic) bond motifs is 1. The Labute approximate surface area is 76.1 Å². The fraction of sp³-hybridized carbons (Fsp3) is 0.833. The molecule has 0 aromatic heterocycles. The van der Waals surface area contributed by atoms with Gasteiger partial charge in [0, 0.05) is 0 Å². The van der Waals surface area contributed by atoms with Gasteiger partial charge in [-0.25, -0.2) is 0 Å². The van der Waals surface area contributed by atoms with Gasteiger partial charge in [-0.3, -0.25) is 0 Å². The van der Waals surface area contributed by atoms with Gasteiger partial charge in [-0.15, -0.1) is 0 Å². The van der Waals surface area contributed by atoms with Crippen LogP contribution in [0.15, 0.2) is 11.1 Å². The molecule has 68 valence electrons. The Morgan fingerprint density at radius 1 is 0.917 bits per heavy atom. The molecule has 0 amide bonds. The van der Waals surface area contributed by atoms with Crippen molar-refractivity contribution in [2.75, 3.05) is 0 Å². The van der Waals surface area contributed by atoms with Crippen LogP contribution in [0.1, 0.15) is 52.4 Å². The zero-order valence-electron chi connectivity index (χ0n) is 8.40. The molecule has 1 fully saturated rings. The smallest absolute Gasteiger partial charge is 0.0289 e. The number of allylic oxidation sites excluding steroid dienone is 2. The molecule has 0 spiro atoms. The van der Waals surface area contributed by atoms with E-state index in [2.05, 4.69) is 13.8 Å². The quantitative estimate of drug-likeness (QED) is 0.476. The highest BCUT2D eigenvalue weighted by Gasteiger charge is 2.31. The van der Waals surface area contributed by atoms with E-state index < -0.39 is 0 Å². The van der Waals surface area contributed by atoms with Gasteiger partial charge in [-0.1, -0.05) is 11.1 Å². The molecule has 12 heavy (non-hydrogen) atoms. The minimum atomic E-state index is 1.07. The van der Waals surface area contributed by atoms with Crippen molar-refractivity contribution in [3.63, 3.8) is 0 Å². The highest BCUT2D eigenvalue weighted by molar-refractivity contribution is 5.12. The molecule has 0 N–H and O–H groups in total. The normalized spacial score (nSPS) is 36.5. The summed E-state index contributed by atoms with van der Waals surface area (Å²) in [4.78, 5) is 0. The van der Waals surface area contributed by atoms with E-state index in [0.717, 1.165) is 11.8 Å². The first-order chi connectivity index (χ1) is 5.77. The molecule has 0 heteroatoms. The van der Waals surface area contributed by atoms with Crippen LogP contribution in [0.25, 0.3) is 0 Å². The Kier molecular flexibility index (Phi) is 2.25. The van der Waals surface area contributed by atoms with Crippen molar-refractivity contribution in [1.82, 2.24) is 0 Å². The molecule has 0 nitrogen and oxygen atoms in total. The summed E-state index contributed by atoms with van der Waals surface area (Å²) >= 11 is 0. The SMILES string of the molecule is CC1=C(C)C[C@@H]2CC[C@@H]2CCC1. The molecule has 2 rings (SSSR count). The van der Waals surface area contributed by atoms with Crippen LogP contribution in [-0.2, 0) is 0 Å². The maximum atomic E-state index is 2.34. The summed E-state index contributed by atoms with van der Waals surface area (Å²) in [7, 11) is 0. The first-order valence-corrected chi connectivity index (χ1v) is 5.42. The zero-order chi connectivity index (χ0) is 8.55. The third-order valence-electron chi connectivity index (χ3n) is 4.00. The van der Waals surface area contributed by atoms with Gasteiger partial charge >= 0.3 is 0 Å². The molecular formula is C12H20. The molecule has 2 aliphatic carbocycles. The largest absolute Gasteiger partial charge is 0.0744 e. The maximum Gasteiger partial charge on any atom is -0.0289 e. The van der Waals surface area contributed by atoms with Crippen molar-refractivity contribution >= 4 is 0 Å². The van der Waals surface area contributed by atoms with E-state index in [1.807, 2.05) is 0 Å². The van der Waals surface area contributed by atoms with E-state index in [4.69, 9.17) is 0 Å². The van der Waals surface area contributed by atoms with E-state index in [1.165, 1.54) is 38.5 Å². The van der Waals surface area contributed by atoms with E-state index in [9.17, 15) is 0 Å². The minimum absolute atomic E-state index is 1.07. The second kappa shape index (κ2) is 3.24. The van der Waals surface area contributed by atoms with Crippen LogP contribution in [0.5, 0.6) is 0 Å². The van der Waals surface area contributed by atoms with Crippen LogP contribution in [0.4, 0.5) is 0 Å². The molecule has 2 aliphatic rings. The van der Waals surface area contributed by atoms with E-state index in [-0.39, 0.29) is 0 Å². The summed E-state index contributed by atoms with van der Waals surface area (Å²) < 4.78 is 0. The first kappa shape index (κ1) is 8.34. The van der Waals surface area contributed by atoms with Crippen LogP contribution in [0.3, 0.4) is 0 Å². The van der Waals surface area contributed by atoms with Crippen LogP contribution in [-0.4, -0.2) is 0 Å². The number of hydrogen-bond acceptors (Lipinski definition) is 0. The Morgan fingerprint density at radius 2 is 1.67 bits per heavy atom. The van der Waals surface area contributed by atoms with Crippen LogP contribution in [0.2, 0.25) is 0 Å². The lowest BCUT2D eigenvalue weighted by Gasteiger charge is -2.39. The molecule has 2 atom stereocenters. The summed E-state index contributed by atoms with van der Waals surface area (Å²) in [5.41, 5.74) is 3.38. The van der Waals surface area contributed by atoms with Crippen LogP contribution in [0, 0.1) is 11.8 Å². The zero-order valence-corrected chi connectivity index (χ0v) is 8.40. The fourth-order valence-corrected chi connectivity index (χ4v) is 2.70. The van der Waals surface area contributed by atoms with Gasteiger partial charge in [0.25, 0.3) is 0 Å². The standard InChI is InChI=1S/C12H20/c1-9-4-3-5-11-6-7-12(11)8-10(9)2/h11-12H,3-8H2,1-2H3/t11-,12-/m0/s1. The van der Waals surface area contributed by atoms with Crippen molar-refractivity contribution in [2.45, 2.75) is 52.4 Å². The predicted molar refractivity (Wildman–Crippen MR) is 53.1 cm³/mol. The summed E-state index contributed by atoms with van der Waals surface area (Å²) in [6, 6.07) is 0. The van der Waals surface area contributed by atoms with Crippen molar-refractivity contribution in [2.24, 2.45) is 11.8 Å². The second-order valence-electron chi connectivity index (χ2n) is 4.75. The number of hydrogen-bond donors (Lipinski definition) is 0. The Bertz CT molecular complexity index is 200. The lowest BCUT2D eigenvalue weighted by atomic mass is 9.67. The predicted octanol–water partition coefficient (Wildman–Crippen LogP) is 3.92. The van der Waals surface area contributed by atoms with Gasteiger partial charge in [0.2, 0.25) is 0 Å². The summed E-state index contributed by atoms with van der Waals surface area (Å²) in [5, 5.41) is 0. The molecule has 0 bridgehead atoms. The Hall–Kier alpha value is -0.260. The molecule has 0 radical (unpaired) electrons. The molecule has 0 heterocycles. The lowest BCUT2D eigenvalue weighted by Crippen LogP contribution is -2.27.